The number of hydrogen-bond donors (Lipinski definition) is 4. The highest BCUT2D eigenvalue weighted by Gasteiger charge is 2.30. The molecule has 1 aliphatic rings. The summed E-state index contributed by atoms with van der Waals surface area (Å²) in [6.45, 7) is 8.94. The number of hydrogen-bond acceptors (Lipinski definition) is 7. The van der Waals surface area contributed by atoms with Crippen LogP contribution in [0.15, 0.2) is 72.8 Å². The van der Waals surface area contributed by atoms with Crippen molar-refractivity contribution in [3.05, 3.63) is 89.5 Å². The number of alkyl carbamates (subject to hydrolysis) is 2. The van der Waals surface area contributed by atoms with E-state index in [2.05, 4.69) is 28.1 Å². The zero-order valence-corrected chi connectivity index (χ0v) is 28.1. The minimum Gasteiger partial charge on any atom is -0.488 e. The molecule has 0 radical (unpaired) electrons. The van der Waals surface area contributed by atoms with Gasteiger partial charge in [0.15, 0.2) is 0 Å². The van der Waals surface area contributed by atoms with Crippen molar-refractivity contribution >= 4 is 24.1 Å². The molecule has 0 saturated carbocycles. The van der Waals surface area contributed by atoms with Crippen molar-refractivity contribution in [3.63, 3.8) is 0 Å². The number of carboxylic acid groups (broad SMARTS) is 1. The van der Waals surface area contributed by atoms with Crippen LogP contribution in [0.1, 0.15) is 63.6 Å². The third-order valence-electron chi connectivity index (χ3n) is 7.64. The molecule has 3 aromatic rings. The van der Waals surface area contributed by atoms with Crippen LogP contribution in [0.3, 0.4) is 0 Å². The SMILES string of the molecule is CC(C)C[C@H](NC(=O)OC[C@H](Cc1ccc(OC(C)(C)C)cc1)NC(=O)OCC1c2ccccc2-c2ccccc21)C(=O)NCC(=O)O. The summed E-state index contributed by atoms with van der Waals surface area (Å²) in [5.74, 6) is -1.23. The second-order valence-electron chi connectivity index (χ2n) is 13.3. The zero-order chi connectivity index (χ0) is 34.8. The van der Waals surface area contributed by atoms with Gasteiger partial charge in [0.25, 0.3) is 0 Å². The zero-order valence-electron chi connectivity index (χ0n) is 28.1. The molecule has 0 fully saturated rings. The maximum absolute atomic E-state index is 13.2. The second kappa shape index (κ2) is 16.2. The van der Waals surface area contributed by atoms with Crippen molar-refractivity contribution < 1.29 is 38.5 Å². The van der Waals surface area contributed by atoms with E-state index in [1.165, 1.54) is 0 Å². The fraction of sp³-hybridized carbons (Fsp3) is 0.405. The van der Waals surface area contributed by atoms with Gasteiger partial charge in [0.05, 0.1) is 6.04 Å². The largest absolute Gasteiger partial charge is 0.488 e. The van der Waals surface area contributed by atoms with Crippen LogP contribution in [-0.2, 0) is 25.5 Å². The van der Waals surface area contributed by atoms with E-state index in [0.29, 0.717) is 12.2 Å². The van der Waals surface area contributed by atoms with E-state index < -0.39 is 42.7 Å². The number of carboxylic acids is 1. The molecule has 4 rings (SSSR count). The highest BCUT2D eigenvalue weighted by molar-refractivity contribution is 5.88. The second-order valence-corrected chi connectivity index (χ2v) is 13.3. The Morgan fingerprint density at radius 3 is 1.96 bits per heavy atom. The molecule has 3 amide bonds. The molecule has 0 saturated heterocycles. The first kappa shape index (κ1) is 35.8. The van der Waals surface area contributed by atoms with Crippen LogP contribution in [0.4, 0.5) is 9.59 Å². The summed E-state index contributed by atoms with van der Waals surface area (Å²) in [4.78, 5) is 49.5. The molecule has 2 atom stereocenters. The molecule has 256 valence electrons. The maximum atomic E-state index is 13.2. The molecule has 11 heteroatoms. The molecule has 0 heterocycles. The van der Waals surface area contributed by atoms with Crippen molar-refractivity contribution in [2.45, 2.75) is 71.1 Å². The fourth-order valence-corrected chi connectivity index (χ4v) is 5.64. The molecule has 0 aromatic heterocycles. The van der Waals surface area contributed by atoms with Crippen molar-refractivity contribution in [2.75, 3.05) is 19.8 Å². The topological polar surface area (TPSA) is 152 Å². The number of nitrogens with one attached hydrogen (secondary N) is 3. The van der Waals surface area contributed by atoms with Crippen molar-refractivity contribution in [3.8, 4) is 16.9 Å². The summed E-state index contributed by atoms with van der Waals surface area (Å²) in [5.41, 5.74) is 4.90. The Labute approximate surface area is 281 Å². The number of aliphatic carboxylic acids is 1. The molecule has 1 aliphatic carbocycles. The van der Waals surface area contributed by atoms with Crippen LogP contribution < -0.4 is 20.7 Å². The molecule has 0 spiro atoms. The van der Waals surface area contributed by atoms with Crippen LogP contribution in [0.5, 0.6) is 5.75 Å². The quantitative estimate of drug-likeness (QED) is 0.173. The van der Waals surface area contributed by atoms with Gasteiger partial charge in [0.2, 0.25) is 5.91 Å². The van der Waals surface area contributed by atoms with Gasteiger partial charge in [0, 0.05) is 5.92 Å². The van der Waals surface area contributed by atoms with E-state index in [1.54, 1.807) is 0 Å². The molecular weight excluding hydrogens is 614 g/mol. The number of amides is 3. The van der Waals surface area contributed by atoms with Gasteiger partial charge >= 0.3 is 18.2 Å². The standard InChI is InChI=1S/C37H45N3O8/c1-23(2)18-32(34(43)38-20-33(41)42)40-36(45)46-21-25(19-24-14-16-26(17-15-24)48-37(3,4)5)39-35(44)47-22-31-29-12-8-6-10-27(29)28-11-7-9-13-30(28)31/h6-17,23,25,31-32H,18-22H2,1-5H3,(H,38,43)(H,39,44)(H,40,45)(H,41,42)/t25-,32-/m0/s1. The molecule has 3 aromatic carbocycles. The van der Waals surface area contributed by atoms with Gasteiger partial charge in [0.1, 0.15) is 37.2 Å². The monoisotopic (exact) mass is 659 g/mol. The van der Waals surface area contributed by atoms with Crippen molar-refractivity contribution in [1.82, 2.24) is 16.0 Å². The summed E-state index contributed by atoms with van der Waals surface area (Å²) >= 11 is 0. The number of ether oxygens (including phenoxy) is 3. The van der Waals surface area contributed by atoms with E-state index in [1.807, 2.05) is 95.3 Å². The van der Waals surface area contributed by atoms with Gasteiger partial charge in [-0.15, -0.1) is 0 Å². The molecule has 48 heavy (non-hydrogen) atoms. The van der Waals surface area contributed by atoms with Crippen LogP contribution in [-0.4, -0.2) is 66.6 Å². The summed E-state index contributed by atoms with van der Waals surface area (Å²) in [6, 6.07) is 21.9. The van der Waals surface area contributed by atoms with Crippen LogP contribution in [0.25, 0.3) is 11.1 Å². The molecule has 0 bridgehead atoms. The van der Waals surface area contributed by atoms with E-state index in [-0.39, 0.29) is 37.1 Å². The molecule has 0 aliphatic heterocycles. The van der Waals surface area contributed by atoms with Crippen molar-refractivity contribution in [1.29, 1.82) is 0 Å². The van der Waals surface area contributed by atoms with Gasteiger partial charge in [-0.05, 0) is 79.5 Å². The lowest BCUT2D eigenvalue weighted by Crippen LogP contribution is -2.49. The highest BCUT2D eigenvalue weighted by Crippen LogP contribution is 2.44. The highest BCUT2D eigenvalue weighted by atomic mass is 16.6. The van der Waals surface area contributed by atoms with Crippen LogP contribution in [0.2, 0.25) is 0 Å². The minimum atomic E-state index is -1.20. The average Bonchev–Trinajstić information content (AvgIpc) is 3.34. The summed E-state index contributed by atoms with van der Waals surface area (Å²) in [7, 11) is 0. The Balaban J connectivity index is 1.42. The number of benzene rings is 3. The number of fused-ring (bicyclic) bond motifs is 3. The average molecular weight is 660 g/mol. The Kier molecular flexibility index (Phi) is 12.1. The summed E-state index contributed by atoms with van der Waals surface area (Å²) in [5, 5.41) is 16.6. The van der Waals surface area contributed by atoms with E-state index in [9.17, 15) is 19.2 Å². The van der Waals surface area contributed by atoms with Gasteiger partial charge in [-0.3, -0.25) is 9.59 Å². The van der Waals surface area contributed by atoms with Crippen molar-refractivity contribution in [2.24, 2.45) is 5.92 Å². The lowest BCUT2D eigenvalue weighted by molar-refractivity contribution is -0.138. The first-order valence-corrected chi connectivity index (χ1v) is 16.1. The van der Waals surface area contributed by atoms with E-state index in [4.69, 9.17) is 19.3 Å². The maximum Gasteiger partial charge on any atom is 0.407 e. The number of carbonyl (C=O) groups excluding carboxylic acids is 3. The van der Waals surface area contributed by atoms with Gasteiger partial charge in [-0.25, -0.2) is 9.59 Å². The molecule has 0 unspecified atom stereocenters. The molecule has 11 nitrogen and oxygen atoms in total. The smallest absolute Gasteiger partial charge is 0.407 e. The Morgan fingerprint density at radius 2 is 1.40 bits per heavy atom. The number of carbonyl (C=O) groups is 4. The minimum absolute atomic E-state index is 0.0269. The van der Waals surface area contributed by atoms with Crippen LogP contribution >= 0.6 is 0 Å². The Hall–Kier alpha value is -5.06. The predicted octanol–water partition coefficient (Wildman–Crippen LogP) is 5.66. The number of rotatable bonds is 14. The third kappa shape index (κ3) is 10.5. The fourth-order valence-electron chi connectivity index (χ4n) is 5.64. The van der Waals surface area contributed by atoms with Gasteiger partial charge in [-0.2, -0.15) is 0 Å². The molecule has 4 N–H and O–H groups in total. The van der Waals surface area contributed by atoms with E-state index >= 15 is 0 Å². The third-order valence-corrected chi connectivity index (χ3v) is 7.64. The van der Waals surface area contributed by atoms with E-state index in [0.717, 1.165) is 27.8 Å². The molecular formula is C37H45N3O8. The summed E-state index contributed by atoms with van der Waals surface area (Å²) < 4.78 is 17.1. The Morgan fingerprint density at radius 1 is 0.812 bits per heavy atom. The summed E-state index contributed by atoms with van der Waals surface area (Å²) in [6.07, 6.45) is -0.962. The lowest BCUT2D eigenvalue weighted by Gasteiger charge is -2.23. The van der Waals surface area contributed by atoms with Gasteiger partial charge in [-0.1, -0.05) is 74.5 Å². The van der Waals surface area contributed by atoms with Gasteiger partial charge < -0.3 is 35.3 Å². The predicted molar refractivity (Wildman–Crippen MR) is 181 cm³/mol. The first-order valence-electron chi connectivity index (χ1n) is 16.1. The normalized spacial score (nSPS) is 13.5. The first-order chi connectivity index (χ1) is 22.8. The van der Waals surface area contributed by atoms with Crippen LogP contribution in [0, 0.1) is 5.92 Å². The lowest BCUT2D eigenvalue weighted by atomic mass is 9.98. The Bertz CT molecular complexity index is 1540.